The van der Waals surface area contributed by atoms with Crippen LogP contribution in [0.1, 0.15) is 51.7 Å². The van der Waals surface area contributed by atoms with E-state index in [1.54, 1.807) is 12.1 Å². The molecule has 1 saturated carbocycles. The summed E-state index contributed by atoms with van der Waals surface area (Å²) in [4.78, 5) is 23.8. The van der Waals surface area contributed by atoms with Crippen LogP contribution in [0.4, 0.5) is 4.79 Å². The van der Waals surface area contributed by atoms with Gasteiger partial charge in [-0.15, -0.1) is 0 Å². The minimum atomic E-state index is -0.913. The van der Waals surface area contributed by atoms with Gasteiger partial charge in [-0.05, 0) is 52.6 Å². The summed E-state index contributed by atoms with van der Waals surface area (Å²) in [5.74, 6) is -0.732. The van der Waals surface area contributed by atoms with Crippen LogP contribution in [-0.2, 0) is 4.74 Å². The molecule has 31 heavy (non-hydrogen) atoms. The van der Waals surface area contributed by atoms with E-state index in [4.69, 9.17) is 4.74 Å². The molecule has 2 aliphatic carbocycles. The number of alkyl carbamates (subject to hydrolysis) is 1. The summed E-state index contributed by atoms with van der Waals surface area (Å²) in [6.07, 6.45) is 1.01. The second-order valence-electron chi connectivity index (χ2n) is 8.23. The lowest BCUT2D eigenvalue weighted by Gasteiger charge is -2.36. The van der Waals surface area contributed by atoms with Crippen LogP contribution in [0.5, 0.6) is 0 Å². The number of carbonyl (C=O) groups excluding carboxylic acids is 1. The number of benzene rings is 3. The SMILES string of the molecule is O=C(NC1CC(c2ccccc2C(=O)O)C1)OCC1c2ccccc2-c2ccccc21. The zero-order valence-electron chi connectivity index (χ0n) is 17.0. The van der Waals surface area contributed by atoms with Gasteiger partial charge in [0, 0.05) is 12.0 Å². The van der Waals surface area contributed by atoms with Crippen molar-refractivity contribution in [2.24, 2.45) is 0 Å². The molecule has 0 aromatic heterocycles. The minimum Gasteiger partial charge on any atom is -0.478 e. The normalized spacial score (nSPS) is 19.1. The number of hydrogen-bond acceptors (Lipinski definition) is 3. The number of amides is 1. The summed E-state index contributed by atoms with van der Waals surface area (Å²) < 4.78 is 5.60. The van der Waals surface area contributed by atoms with Gasteiger partial charge in [-0.25, -0.2) is 9.59 Å². The Hall–Kier alpha value is -3.60. The standard InChI is InChI=1S/C26H23NO4/c28-25(29)23-12-6-1-7-18(23)16-13-17(14-16)27-26(30)31-15-24-21-10-4-2-8-19(21)20-9-3-5-11-22(20)24/h1-12,16-17,24H,13-15H2,(H,27,30)(H,28,29). The lowest BCUT2D eigenvalue weighted by atomic mass is 9.74. The molecule has 0 radical (unpaired) electrons. The molecular weight excluding hydrogens is 390 g/mol. The monoisotopic (exact) mass is 413 g/mol. The molecule has 0 atom stereocenters. The number of carbonyl (C=O) groups is 2. The molecule has 0 spiro atoms. The maximum absolute atomic E-state index is 12.4. The molecule has 0 aliphatic heterocycles. The molecule has 5 nitrogen and oxygen atoms in total. The number of nitrogens with one attached hydrogen (secondary N) is 1. The molecule has 0 bridgehead atoms. The molecule has 3 aromatic rings. The Labute approximate surface area is 180 Å². The van der Waals surface area contributed by atoms with Crippen LogP contribution in [0.15, 0.2) is 72.8 Å². The number of carboxylic acid groups (broad SMARTS) is 1. The predicted molar refractivity (Wildman–Crippen MR) is 117 cm³/mol. The van der Waals surface area contributed by atoms with Crippen molar-refractivity contribution in [3.8, 4) is 11.1 Å². The lowest BCUT2D eigenvalue weighted by molar-refractivity contribution is 0.0693. The Balaban J connectivity index is 1.19. The fraction of sp³-hybridized carbons (Fsp3) is 0.231. The van der Waals surface area contributed by atoms with Crippen molar-refractivity contribution in [3.05, 3.63) is 95.1 Å². The van der Waals surface area contributed by atoms with E-state index < -0.39 is 12.1 Å². The lowest BCUT2D eigenvalue weighted by Crippen LogP contribution is -2.44. The number of rotatable bonds is 5. The van der Waals surface area contributed by atoms with Gasteiger partial charge in [0.25, 0.3) is 0 Å². The van der Waals surface area contributed by atoms with Gasteiger partial charge in [0.2, 0.25) is 0 Å². The predicted octanol–water partition coefficient (Wildman–Crippen LogP) is 5.17. The summed E-state index contributed by atoms with van der Waals surface area (Å²) in [5, 5.41) is 12.3. The fourth-order valence-electron chi connectivity index (χ4n) is 4.84. The average Bonchev–Trinajstić information content (AvgIpc) is 3.08. The number of ether oxygens (including phenoxy) is 1. The van der Waals surface area contributed by atoms with E-state index in [-0.39, 0.29) is 24.5 Å². The van der Waals surface area contributed by atoms with E-state index in [1.807, 2.05) is 36.4 Å². The van der Waals surface area contributed by atoms with Gasteiger partial charge in [0.05, 0.1) is 5.56 Å². The van der Waals surface area contributed by atoms with Crippen molar-refractivity contribution in [2.75, 3.05) is 6.61 Å². The molecule has 1 amide bonds. The molecular formula is C26H23NO4. The first-order chi connectivity index (χ1) is 15.1. The smallest absolute Gasteiger partial charge is 0.407 e. The van der Waals surface area contributed by atoms with Crippen molar-refractivity contribution >= 4 is 12.1 Å². The van der Waals surface area contributed by atoms with Crippen LogP contribution in [-0.4, -0.2) is 29.8 Å². The molecule has 0 saturated heterocycles. The zero-order chi connectivity index (χ0) is 21.4. The van der Waals surface area contributed by atoms with Crippen LogP contribution in [0.2, 0.25) is 0 Å². The average molecular weight is 413 g/mol. The van der Waals surface area contributed by atoms with Crippen LogP contribution in [0, 0.1) is 0 Å². The molecule has 2 N–H and O–H groups in total. The highest BCUT2D eigenvalue weighted by atomic mass is 16.5. The first kappa shape index (κ1) is 19.4. The Morgan fingerprint density at radius 3 is 2.00 bits per heavy atom. The second-order valence-corrected chi connectivity index (χ2v) is 8.23. The van der Waals surface area contributed by atoms with Crippen LogP contribution in [0.25, 0.3) is 11.1 Å². The third kappa shape index (κ3) is 3.56. The molecule has 5 rings (SSSR count). The van der Waals surface area contributed by atoms with Gasteiger partial charge in [-0.2, -0.15) is 0 Å². The third-order valence-corrected chi connectivity index (χ3v) is 6.43. The van der Waals surface area contributed by atoms with Gasteiger partial charge in [0.15, 0.2) is 0 Å². The third-order valence-electron chi connectivity index (χ3n) is 6.43. The van der Waals surface area contributed by atoms with Crippen molar-refractivity contribution in [3.63, 3.8) is 0 Å². The molecule has 3 aromatic carbocycles. The van der Waals surface area contributed by atoms with E-state index in [9.17, 15) is 14.7 Å². The summed E-state index contributed by atoms with van der Waals surface area (Å²) in [5.41, 5.74) is 5.95. The van der Waals surface area contributed by atoms with E-state index in [0.717, 1.165) is 5.56 Å². The molecule has 2 aliphatic rings. The molecule has 5 heteroatoms. The summed E-state index contributed by atoms with van der Waals surface area (Å²) in [7, 11) is 0. The largest absolute Gasteiger partial charge is 0.478 e. The van der Waals surface area contributed by atoms with Crippen LogP contribution < -0.4 is 5.32 Å². The number of aromatic carboxylic acids is 1. The summed E-state index contributed by atoms with van der Waals surface area (Å²) in [6, 6.07) is 23.6. The Morgan fingerprint density at radius 1 is 0.839 bits per heavy atom. The van der Waals surface area contributed by atoms with Crippen molar-refractivity contribution in [1.29, 1.82) is 0 Å². The highest BCUT2D eigenvalue weighted by molar-refractivity contribution is 5.89. The highest BCUT2D eigenvalue weighted by Gasteiger charge is 2.34. The summed E-state index contributed by atoms with van der Waals surface area (Å²) in [6.45, 7) is 0.290. The molecule has 156 valence electrons. The van der Waals surface area contributed by atoms with Crippen molar-refractivity contribution in [2.45, 2.75) is 30.7 Å². The van der Waals surface area contributed by atoms with E-state index in [1.165, 1.54) is 22.3 Å². The number of carboxylic acids is 1. The Kier molecular flexibility index (Phi) is 4.94. The van der Waals surface area contributed by atoms with Gasteiger partial charge in [-0.3, -0.25) is 0 Å². The maximum atomic E-state index is 12.4. The molecule has 1 fully saturated rings. The second kappa shape index (κ2) is 7.91. The van der Waals surface area contributed by atoms with E-state index in [0.29, 0.717) is 18.4 Å². The highest BCUT2D eigenvalue weighted by Crippen LogP contribution is 2.44. The molecule has 0 unspecified atom stereocenters. The number of fused-ring (bicyclic) bond motifs is 3. The maximum Gasteiger partial charge on any atom is 0.407 e. The zero-order valence-corrected chi connectivity index (χ0v) is 17.0. The van der Waals surface area contributed by atoms with Gasteiger partial charge in [0.1, 0.15) is 6.61 Å². The van der Waals surface area contributed by atoms with Gasteiger partial charge >= 0.3 is 12.1 Å². The summed E-state index contributed by atoms with van der Waals surface area (Å²) >= 11 is 0. The Morgan fingerprint density at radius 2 is 1.39 bits per heavy atom. The van der Waals surface area contributed by atoms with Crippen molar-refractivity contribution < 1.29 is 19.4 Å². The topological polar surface area (TPSA) is 75.6 Å². The molecule has 0 heterocycles. The number of hydrogen-bond donors (Lipinski definition) is 2. The van der Waals surface area contributed by atoms with Gasteiger partial charge in [-0.1, -0.05) is 66.7 Å². The first-order valence-corrected chi connectivity index (χ1v) is 10.6. The van der Waals surface area contributed by atoms with E-state index in [2.05, 4.69) is 29.6 Å². The first-order valence-electron chi connectivity index (χ1n) is 10.6. The van der Waals surface area contributed by atoms with Gasteiger partial charge < -0.3 is 15.2 Å². The van der Waals surface area contributed by atoms with Crippen LogP contribution >= 0.6 is 0 Å². The quantitative estimate of drug-likeness (QED) is 0.605. The minimum absolute atomic E-state index is 0.00232. The van der Waals surface area contributed by atoms with E-state index >= 15 is 0 Å². The van der Waals surface area contributed by atoms with Crippen molar-refractivity contribution in [1.82, 2.24) is 5.32 Å². The fourth-order valence-corrected chi connectivity index (χ4v) is 4.84. The Bertz CT molecular complexity index is 1100. The van der Waals surface area contributed by atoms with Crippen LogP contribution in [0.3, 0.4) is 0 Å².